The Balaban J connectivity index is 1.72. The highest BCUT2D eigenvalue weighted by atomic mass is 16.6. The third kappa shape index (κ3) is 5.83. The fraction of sp³-hybridized carbons (Fsp3) is 0.417. The molecule has 2 aromatic rings. The highest BCUT2D eigenvalue weighted by Crippen LogP contribution is 2.50. The van der Waals surface area contributed by atoms with Crippen molar-refractivity contribution in [3.63, 3.8) is 0 Å². The molecule has 1 amide bonds. The average molecular weight is 395 g/mol. The van der Waals surface area contributed by atoms with Crippen molar-refractivity contribution in [3.05, 3.63) is 60.2 Å². The van der Waals surface area contributed by atoms with Crippen LogP contribution in [-0.4, -0.2) is 28.8 Å². The Morgan fingerprint density at radius 3 is 2.14 bits per heavy atom. The van der Waals surface area contributed by atoms with Crippen molar-refractivity contribution >= 4 is 12.1 Å². The lowest BCUT2D eigenvalue weighted by atomic mass is 9.92. The van der Waals surface area contributed by atoms with Gasteiger partial charge >= 0.3 is 12.1 Å². The molecule has 1 saturated carbocycles. The number of hydrogen-bond donors (Lipinski definition) is 2. The number of benzene rings is 2. The van der Waals surface area contributed by atoms with E-state index in [1.807, 2.05) is 51.1 Å². The number of amides is 1. The maximum atomic E-state index is 12.3. The minimum absolute atomic E-state index is 0.300. The van der Waals surface area contributed by atoms with E-state index in [4.69, 9.17) is 4.74 Å². The van der Waals surface area contributed by atoms with Crippen LogP contribution in [0.15, 0.2) is 54.6 Å². The number of rotatable bonds is 7. The van der Waals surface area contributed by atoms with Crippen LogP contribution in [0.5, 0.6) is 0 Å². The molecule has 0 radical (unpaired) electrons. The Kier molecular flexibility index (Phi) is 5.96. The zero-order valence-corrected chi connectivity index (χ0v) is 17.3. The van der Waals surface area contributed by atoms with E-state index in [1.165, 1.54) is 0 Å². The maximum absolute atomic E-state index is 12.3. The normalized spacial score (nSPS) is 16.0. The van der Waals surface area contributed by atoms with Crippen molar-refractivity contribution in [1.82, 2.24) is 5.32 Å². The fourth-order valence-electron chi connectivity index (χ4n) is 3.52. The zero-order valence-electron chi connectivity index (χ0n) is 17.3. The summed E-state index contributed by atoms with van der Waals surface area (Å²) >= 11 is 0. The van der Waals surface area contributed by atoms with Gasteiger partial charge in [-0.05, 0) is 63.1 Å². The Morgan fingerprint density at radius 1 is 1.03 bits per heavy atom. The minimum Gasteiger partial charge on any atom is -0.481 e. The summed E-state index contributed by atoms with van der Waals surface area (Å²) in [4.78, 5) is 23.9. The molecule has 0 heterocycles. The molecule has 29 heavy (non-hydrogen) atoms. The van der Waals surface area contributed by atoms with Gasteiger partial charge in [0.25, 0.3) is 0 Å². The number of alkyl carbamates (subject to hydrolysis) is 1. The molecule has 0 spiro atoms. The molecular weight excluding hydrogens is 366 g/mol. The van der Waals surface area contributed by atoms with E-state index < -0.39 is 23.1 Å². The Labute approximate surface area is 172 Å². The summed E-state index contributed by atoms with van der Waals surface area (Å²) in [6, 6.07) is 18.0. The molecular formula is C24H29NO4. The number of carboxylic acids is 1. The second kappa shape index (κ2) is 8.27. The third-order valence-corrected chi connectivity index (χ3v) is 5.21. The minimum atomic E-state index is -0.784. The van der Waals surface area contributed by atoms with E-state index in [1.54, 1.807) is 0 Å². The molecule has 1 unspecified atom stereocenters. The van der Waals surface area contributed by atoms with Crippen LogP contribution < -0.4 is 5.32 Å². The van der Waals surface area contributed by atoms with Crippen LogP contribution in [0.2, 0.25) is 0 Å². The van der Waals surface area contributed by atoms with Gasteiger partial charge in [-0.1, -0.05) is 54.6 Å². The second-order valence-electron chi connectivity index (χ2n) is 8.90. The van der Waals surface area contributed by atoms with E-state index in [0.29, 0.717) is 25.7 Å². The number of hydrogen-bond acceptors (Lipinski definition) is 3. The molecule has 3 rings (SSSR count). The molecule has 1 aliphatic carbocycles. The summed E-state index contributed by atoms with van der Waals surface area (Å²) in [6.45, 7) is 5.43. The fourth-order valence-corrected chi connectivity index (χ4v) is 3.52. The van der Waals surface area contributed by atoms with Crippen LogP contribution in [0.3, 0.4) is 0 Å². The zero-order chi connectivity index (χ0) is 21.1. The van der Waals surface area contributed by atoms with Gasteiger partial charge in [0.15, 0.2) is 0 Å². The number of carbonyl (C=O) groups is 2. The Morgan fingerprint density at radius 2 is 1.62 bits per heavy atom. The van der Waals surface area contributed by atoms with Crippen LogP contribution in [0.4, 0.5) is 4.79 Å². The van der Waals surface area contributed by atoms with Crippen molar-refractivity contribution in [2.75, 3.05) is 0 Å². The van der Waals surface area contributed by atoms with Crippen LogP contribution >= 0.6 is 0 Å². The topological polar surface area (TPSA) is 75.6 Å². The van der Waals surface area contributed by atoms with Crippen LogP contribution in [0.25, 0.3) is 11.1 Å². The van der Waals surface area contributed by atoms with Gasteiger partial charge in [-0.2, -0.15) is 0 Å². The largest absolute Gasteiger partial charge is 0.481 e. The van der Waals surface area contributed by atoms with Gasteiger partial charge in [0.05, 0.1) is 5.41 Å². The quantitative estimate of drug-likeness (QED) is 0.688. The molecule has 0 aliphatic heterocycles. The molecule has 0 aromatic heterocycles. The van der Waals surface area contributed by atoms with E-state index in [0.717, 1.165) is 16.7 Å². The third-order valence-electron chi connectivity index (χ3n) is 5.21. The monoisotopic (exact) mass is 395 g/mol. The Bertz CT molecular complexity index is 849. The first-order valence-corrected chi connectivity index (χ1v) is 10.0. The molecule has 1 atom stereocenters. The maximum Gasteiger partial charge on any atom is 0.407 e. The van der Waals surface area contributed by atoms with E-state index >= 15 is 0 Å². The van der Waals surface area contributed by atoms with Gasteiger partial charge in [0, 0.05) is 6.04 Å². The number of aliphatic carboxylic acids is 1. The summed E-state index contributed by atoms with van der Waals surface area (Å²) in [7, 11) is 0. The second-order valence-corrected chi connectivity index (χ2v) is 8.90. The summed E-state index contributed by atoms with van der Waals surface area (Å²) in [5, 5.41) is 12.5. The lowest BCUT2D eigenvalue weighted by molar-refractivity contribution is -0.143. The van der Waals surface area contributed by atoms with Crippen LogP contribution in [0, 0.1) is 5.41 Å². The predicted molar refractivity (Wildman–Crippen MR) is 113 cm³/mol. The van der Waals surface area contributed by atoms with Gasteiger partial charge in [0.2, 0.25) is 0 Å². The van der Waals surface area contributed by atoms with E-state index in [9.17, 15) is 14.7 Å². The van der Waals surface area contributed by atoms with Crippen molar-refractivity contribution in [2.45, 2.75) is 58.1 Å². The van der Waals surface area contributed by atoms with Gasteiger partial charge in [-0.3, -0.25) is 4.79 Å². The molecule has 154 valence electrons. The SMILES string of the molecule is CC(C)(C)OC(=O)NC(Cc1ccc(-c2ccccc2)cc1)CC1(C(=O)O)CC1. The first kappa shape index (κ1) is 20.9. The molecule has 0 saturated heterocycles. The first-order valence-electron chi connectivity index (χ1n) is 10.0. The molecule has 5 nitrogen and oxygen atoms in total. The van der Waals surface area contributed by atoms with Gasteiger partial charge < -0.3 is 15.2 Å². The predicted octanol–water partition coefficient (Wildman–Crippen LogP) is 5.04. The van der Waals surface area contributed by atoms with E-state index in [2.05, 4.69) is 29.6 Å². The standard InChI is InChI=1S/C24H29NO4/c1-23(2,3)29-22(28)25-20(16-24(13-14-24)21(26)27)15-17-9-11-19(12-10-17)18-7-5-4-6-8-18/h4-12,20H,13-16H2,1-3H3,(H,25,28)(H,26,27). The Hall–Kier alpha value is -2.82. The van der Waals surface area contributed by atoms with Gasteiger partial charge in [-0.25, -0.2) is 4.79 Å². The van der Waals surface area contributed by atoms with Crippen molar-refractivity contribution in [1.29, 1.82) is 0 Å². The van der Waals surface area contributed by atoms with Crippen molar-refractivity contribution in [2.24, 2.45) is 5.41 Å². The highest BCUT2D eigenvalue weighted by Gasteiger charge is 2.51. The number of carbonyl (C=O) groups excluding carboxylic acids is 1. The molecule has 2 N–H and O–H groups in total. The lowest BCUT2D eigenvalue weighted by Crippen LogP contribution is -2.42. The number of ether oxygens (including phenoxy) is 1. The average Bonchev–Trinajstić information content (AvgIpc) is 3.42. The van der Waals surface area contributed by atoms with Crippen LogP contribution in [-0.2, 0) is 16.0 Å². The van der Waals surface area contributed by atoms with Gasteiger partial charge in [-0.15, -0.1) is 0 Å². The summed E-state index contributed by atoms with van der Waals surface area (Å²) in [5.74, 6) is -0.784. The highest BCUT2D eigenvalue weighted by molar-refractivity contribution is 5.78. The summed E-state index contributed by atoms with van der Waals surface area (Å²) in [5.41, 5.74) is 1.99. The number of carboxylic acid groups (broad SMARTS) is 1. The van der Waals surface area contributed by atoms with E-state index in [-0.39, 0.29) is 6.04 Å². The molecule has 1 aliphatic rings. The first-order chi connectivity index (χ1) is 13.7. The summed E-state index contributed by atoms with van der Waals surface area (Å²) in [6.07, 6.45) is 1.76. The van der Waals surface area contributed by atoms with Crippen LogP contribution in [0.1, 0.15) is 45.6 Å². The summed E-state index contributed by atoms with van der Waals surface area (Å²) < 4.78 is 5.38. The van der Waals surface area contributed by atoms with Crippen molar-refractivity contribution in [3.8, 4) is 11.1 Å². The smallest absolute Gasteiger partial charge is 0.407 e. The molecule has 1 fully saturated rings. The molecule has 0 bridgehead atoms. The molecule has 5 heteroatoms. The lowest BCUT2D eigenvalue weighted by Gasteiger charge is -2.25. The van der Waals surface area contributed by atoms with Crippen molar-refractivity contribution < 1.29 is 19.4 Å². The van der Waals surface area contributed by atoms with Gasteiger partial charge in [0.1, 0.15) is 5.60 Å². The number of nitrogens with one attached hydrogen (secondary N) is 1. The molecule has 2 aromatic carbocycles.